The SMILES string of the molecule is CCNC(=NCc1ccc(OC)c(O)c1)N1CCC2(CCOC2)C1.I. The summed E-state index contributed by atoms with van der Waals surface area (Å²) in [7, 11) is 1.55. The van der Waals surface area contributed by atoms with Crippen molar-refractivity contribution in [3.63, 3.8) is 0 Å². The van der Waals surface area contributed by atoms with Crippen LogP contribution in [-0.2, 0) is 11.3 Å². The van der Waals surface area contributed by atoms with E-state index in [1.807, 2.05) is 6.07 Å². The molecule has 0 aromatic heterocycles. The summed E-state index contributed by atoms with van der Waals surface area (Å²) in [6.45, 7) is 7.23. The van der Waals surface area contributed by atoms with Crippen molar-refractivity contribution >= 4 is 29.9 Å². The van der Waals surface area contributed by atoms with Gasteiger partial charge in [-0.3, -0.25) is 0 Å². The molecule has 7 heteroatoms. The molecule has 140 valence electrons. The second kappa shape index (κ2) is 8.93. The maximum absolute atomic E-state index is 9.90. The number of phenolic OH excluding ortho intramolecular Hbond substituents is 1. The van der Waals surface area contributed by atoms with Crippen LogP contribution in [0.4, 0.5) is 0 Å². The summed E-state index contributed by atoms with van der Waals surface area (Å²) in [5.41, 5.74) is 1.27. The summed E-state index contributed by atoms with van der Waals surface area (Å²) in [5, 5.41) is 13.3. The third-order valence-electron chi connectivity index (χ3n) is 4.91. The van der Waals surface area contributed by atoms with Crippen molar-refractivity contribution < 1.29 is 14.6 Å². The summed E-state index contributed by atoms with van der Waals surface area (Å²) in [5.74, 6) is 1.58. The molecule has 6 nitrogen and oxygen atoms in total. The van der Waals surface area contributed by atoms with Crippen molar-refractivity contribution in [1.82, 2.24) is 10.2 Å². The Morgan fingerprint density at radius 2 is 2.28 bits per heavy atom. The number of methoxy groups -OCH3 is 1. The van der Waals surface area contributed by atoms with Gasteiger partial charge in [-0.05, 0) is 37.5 Å². The van der Waals surface area contributed by atoms with E-state index in [1.165, 1.54) is 6.42 Å². The van der Waals surface area contributed by atoms with Crippen LogP contribution in [-0.4, -0.2) is 55.9 Å². The number of aliphatic imine (C=N–C) groups is 1. The zero-order valence-electron chi connectivity index (χ0n) is 15.0. The van der Waals surface area contributed by atoms with Crippen molar-refractivity contribution in [2.45, 2.75) is 26.3 Å². The van der Waals surface area contributed by atoms with Crippen LogP contribution in [0.15, 0.2) is 23.2 Å². The molecule has 0 bridgehead atoms. The fourth-order valence-electron chi connectivity index (χ4n) is 3.51. The van der Waals surface area contributed by atoms with Crippen molar-refractivity contribution in [3.8, 4) is 11.5 Å². The lowest BCUT2D eigenvalue weighted by atomic mass is 9.87. The number of hydrogen-bond acceptors (Lipinski definition) is 4. The Hall–Kier alpha value is -1.22. The lowest BCUT2D eigenvalue weighted by molar-refractivity contribution is 0.156. The van der Waals surface area contributed by atoms with Gasteiger partial charge in [0.05, 0.1) is 20.3 Å². The maximum atomic E-state index is 9.90. The van der Waals surface area contributed by atoms with E-state index in [-0.39, 0.29) is 29.7 Å². The highest BCUT2D eigenvalue weighted by molar-refractivity contribution is 14.0. The summed E-state index contributed by atoms with van der Waals surface area (Å²) in [6.07, 6.45) is 2.32. The first-order valence-corrected chi connectivity index (χ1v) is 8.63. The second-order valence-electron chi connectivity index (χ2n) is 6.65. The van der Waals surface area contributed by atoms with Crippen molar-refractivity contribution in [3.05, 3.63) is 23.8 Å². The Morgan fingerprint density at radius 3 is 2.92 bits per heavy atom. The Labute approximate surface area is 166 Å². The zero-order chi connectivity index (χ0) is 17.0. The average molecular weight is 461 g/mol. The van der Waals surface area contributed by atoms with Crippen LogP contribution in [0.3, 0.4) is 0 Å². The summed E-state index contributed by atoms with van der Waals surface area (Å²) in [4.78, 5) is 7.09. The van der Waals surface area contributed by atoms with E-state index in [0.717, 1.165) is 50.8 Å². The van der Waals surface area contributed by atoms with E-state index in [1.54, 1.807) is 19.2 Å². The maximum Gasteiger partial charge on any atom is 0.194 e. The first-order valence-electron chi connectivity index (χ1n) is 8.63. The zero-order valence-corrected chi connectivity index (χ0v) is 17.3. The minimum atomic E-state index is 0. The van der Waals surface area contributed by atoms with Crippen LogP contribution in [0.5, 0.6) is 11.5 Å². The molecular formula is C18H28IN3O3. The fraction of sp³-hybridized carbons (Fsp3) is 0.611. The van der Waals surface area contributed by atoms with Crippen LogP contribution in [0.1, 0.15) is 25.3 Å². The minimum absolute atomic E-state index is 0. The van der Waals surface area contributed by atoms with Crippen molar-refractivity contribution in [2.24, 2.45) is 10.4 Å². The highest BCUT2D eigenvalue weighted by atomic mass is 127. The van der Waals surface area contributed by atoms with Crippen molar-refractivity contribution in [1.29, 1.82) is 0 Å². The van der Waals surface area contributed by atoms with Crippen LogP contribution < -0.4 is 10.1 Å². The summed E-state index contributed by atoms with van der Waals surface area (Å²) < 4.78 is 10.7. The van der Waals surface area contributed by atoms with Gasteiger partial charge in [0.25, 0.3) is 0 Å². The van der Waals surface area contributed by atoms with E-state index >= 15 is 0 Å². The van der Waals surface area contributed by atoms with Gasteiger partial charge in [0.15, 0.2) is 17.5 Å². The van der Waals surface area contributed by atoms with Crippen LogP contribution in [0, 0.1) is 5.41 Å². The number of hydrogen-bond donors (Lipinski definition) is 2. The van der Waals surface area contributed by atoms with E-state index in [9.17, 15) is 5.11 Å². The van der Waals surface area contributed by atoms with Crippen molar-refractivity contribution in [2.75, 3.05) is 40.0 Å². The largest absolute Gasteiger partial charge is 0.504 e. The molecule has 1 aromatic carbocycles. The molecule has 1 spiro atoms. The third kappa shape index (κ3) is 4.69. The third-order valence-corrected chi connectivity index (χ3v) is 4.91. The van der Waals surface area contributed by atoms with Gasteiger partial charge in [0.2, 0.25) is 0 Å². The minimum Gasteiger partial charge on any atom is -0.504 e. The molecule has 3 rings (SSSR count). The highest BCUT2D eigenvalue weighted by Gasteiger charge is 2.42. The molecule has 1 aromatic rings. The predicted octanol–water partition coefficient (Wildman–Crippen LogP) is 2.60. The molecule has 2 saturated heterocycles. The van der Waals surface area contributed by atoms with E-state index in [2.05, 4.69) is 17.1 Å². The highest BCUT2D eigenvalue weighted by Crippen LogP contribution is 2.38. The number of phenols is 1. The normalized spacial score (nSPS) is 23.0. The molecule has 1 unspecified atom stereocenters. The Kier molecular flexibility index (Phi) is 7.18. The quantitative estimate of drug-likeness (QED) is 0.410. The van der Waals surface area contributed by atoms with Gasteiger partial charge < -0.3 is 24.8 Å². The summed E-state index contributed by atoms with van der Waals surface area (Å²) >= 11 is 0. The van der Waals surface area contributed by atoms with Gasteiger partial charge in [0.1, 0.15) is 0 Å². The predicted molar refractivity (Wildman–Crippen MR) is 109 cm³/mol. The Balaban J connectivity index is 0.00000225. The average Bonchev–Trinajstić information content (AvgIpc) is 3.22. The van der Waals surface area contributed by atoms with E-state index < -0.39 is 0 Å². The Bertz CT molecular complexity index is 603. The number of nitrogens with one attached hydrogen (secondary N) is 1. The van der Waals surface area contributed by atoms with E-state index in [0.29, 0.717) is 17.7 Å². The number of guanidine groups is 1. The molecule has 2 fully saturated rings. The number of benzene rings is 1. The van der Waals surface area contributed by atoms with E-state index in [4.69, 9.17) is 14.5 Å². The molecule has 2 aliphatic heterocycles. The molecule has 0 amide bonds. The lowest BCUT2D eigenvalue weighted by Gasteiger charge is -2.25. The molecule has 0 aliphatic carbocycles. The number of aromatic hydroxyl groups is 1. The van der Waals surface area contributed by atoms with Gasteiger partial charge in [-0.2, -0.15) is 0 Å². The first kappa shape index (κ1) is 20.1. The van der Waals surface area contributed by atoms with Gasteiger partial charge in [0, 0.05) is 31.7 Å². The summed E-state index contributed by atoms with van der Waals surface area (Å²) in [6, 6.07) is 5.41. The lowest BCUT2D eigenvalue weighted by Crippen LogP contribution is -2.41. The van der Waals surface area contributed by atoms with Crippen LogP contribution in [0.25, 0.3) is 0 Å². The van der Waals surface area contributed by atoms with Gasteiger partial charge in [-0.1, -0.05) is 6.07 Å². The first-order chi connectivity index (χ1) is 11.7. The standard InChI is InChI=1S/C18H27N3O3.HI/c1-3-19-17(21-8-6-18(12-21)7-9-24-13-18)20-11-14-4-5-16(23-2)15(22)10-14;/h4-5,10,22H,3,6-9,11-13H2,1-2H3,(H,19,20);1H. The number of halogens is 1. The molecule has 2 N–H and O–H groups in total. The van der Waals surface area contributed by atoms with Gasteiger partial charge >= 0.3 is 0 Å². The number of likely N-dealkylation sites (tertiary alicyclic amines) is 1. The molecule has 2 aliphatic rings. The molecule has 0 saturated carbocycles. The van der Waals surface area contributed by atoms with Gasteiger partial charge in [-0.15, -0.1) is 24.0 Å². The number of ether oxygens (including phenoxy) is 2. The number of rotatable bonds is 4. The molecule has 0 radical (unpaired) electrons. The van der Waals surface area contributed by atoms with Gasteiger partial charge in [-0.25, -0.2) is 4.99 Å². The smallest absolute Gasteiger partial charge is 0.194 e. The monoisotopic (exact) mass is 461 g/mol. The Morgan fingerprint density at radius 1 is 1.44 bits per heavy atom. The number of nitrogens with zero attached hydrogens (tertiary/aromatic N) is 2. The van der Waals surface area contributed by atoms with Crippen LogP contribution in [0.2, 0.25) is 0 Å². The topological polar surface area (TPSA) is 66.3 Å². The van der Waals surface area contributed by atoms with Crippen LogP contribution >= 0.6 is 24.0 Å². The molecule has 2 heterocycles. The second-order valence-corrected chi connectivity index (χ2v) is 6.65. The molecule has 1 atom stereocenters. The fourth-order valence-corrected chi connectivity index (χ4v) is 3.51. The molecular weight excluding hydrogens is 433 g/mol. The molecule has 25 heavy (non-hydrogen) atoms.